The number of aliphatic hydroxyl groups is 1. The molecule has 1 aliphatic rings. The molecule has 0 saturated carbocycles. The maximum absolute atomic E-state index is 13.4. The fraction of sp³-hybridized carbons (Fsp3) is 0.290. The summed E-state index contributed by atoms with van der Waals surface area (Å²) in [4.78, 5) is 28.2. The van der Waals surface area contributed by atoms with Gasteiger partial charge in [0, 0.05) is 12.1 Å². The smallest absolute Gasteiger partial charge is 0.295 e. The summed E-state index contributed by atoms with van der Waals surface area (Å²) in [5, 5.41) is 21.7. The van der Waals surface area contributed by atoms with Crippen LogP contribution in [0.2, 0.25) is 0 Å². The summed E-state index contributed by atoms with van der Waals surface area (Å²) in [6, 6.07) is 20.4. The number of rotatable bonds is 11. The van der Waals surface area contributed by atoms with E-state index in [0.29, 0.717) is 36.5 Å². The molecule has 198 valence electrons. The van der Waals surface area contributed by atoms with E-state index in [-0.39, 0.29) is 29.4 Å². The van der Waals surface area contributed by atoms with Gasteiger partial charge in [-0.3, -0.25) is 9.59 Å². The monoisotopic (exact) mass is 515 g/mol. The summed E-state index contributed by atoms with van der Waals surface area (Å²) in [7, 11) is 0. The molecule has 1 amide bonds. The topological polar surface area (TPSA) is 96.3 Å². The van der Waals surface area contributed by atoms with Crippen molar-refractivity contribution in [1.29, 1.82) is 0 Å². The number of carbonyl (C=O) groups excluding carboxylic acids is 2. The van der Waals surface area contributed by atoms with Crippen molar-refractivity contribution in [2.45, 2.75) is 39.2 Å². The number of unbranched alkanes of at least 4 members (excludes halogenated alkanes) is 1. The third-order valence-corrected chi connectivity index (χ3v) is 6.50. The Kier molecular flexibility index (Phi) is 8.69. The van der Waals surface area contributed by atoms with Gasteiger partial charge in [-0.05, 0) is 55.2 Å². The van der Waals surface area contributed by atoms with E-state index in [9.17, 15) is 19.8 Å². The lowest BCUT2D eigenvalue weighted by Crippen LogP contribution is -2.31. The van der Waals surface area contributed by atoms with Crippen LogP contribution in [0, 0.1) is 0 Å². The molecule has 0 bridgehead atoms. The van der Waals surface area contributed by atoms with Crippen LogP contribution in [-0.4, -0.2) is 46.6 Å². The number of likely N-dealkylation sites (tertiary alicyclic amines) is 1. The van der Waals surface area contributed by atoms with Crippen molar-refractivity contribution >= 4 is 17.4 Å². The summed E-state index contributed by atoms with van der Waals surface area (Å²) in [6.45, 7) is 5.01. The molecule has 7 heteroatoms. The minimum Gasteiger partial charge on any atom is -0.507 e. The molecular formula is C31H33NO6. The summed E-state index contributed by atoms with van der Waals surface area (Å²) in [5.41, 5.74) is 1.94. The van der Waals surface area contributed by atoms with E-state index in [0.717, 1.165) is 18.4 Å². The Labute approximate surface area is 222 Å². The van der Waals surface area contributed by atoms with Crippen molar-refractivity contribution in [3.63, 3.8) is 0 Å². The van der Waals surface area contributed by atoms with Crippen molar-refractivity contribution in [3.05, 3.63) is 95.1 Å². The molecule has 2 N–H and O–H groups in total. The summed E-state index contributed by atoms with van der Waals surface area (Å²) in [5.74, 6) is -0.959. The van der Waals surface area contributed by atoms with Crippen LogP contribution >= 0.6 is 0 Å². The van der Waals surface area contributed by atoms with Gasteiger partial charge in [0.25, 0.3) is 11.7 Å². The minimum absolute atomic E-state index is 0.0121. The van der Waals surface area contributed by atoms with Crippen LogP contribution in [0.25, 0.3) is 5.76 Å². The molecule has 1 saturated heterocycles. The summed E-state index contributed by atoms with van der Waals surface area (Å²) >= 11 is 0. The number of aliphatic hydroxyl groups excluding tert-OH is 1. The molecule has 0 radical (unpaired) electrons. The van der Waals surface area contributed by atoms with Gasteiger partial charge in [-0.1, -0.05) is 61.9 Å². The number of ether oxygens (including phenoxy) is 2. The van der Waals surface area contributed by atoms with E-state index in [1.165, 1.54) is 11.0 Å². The Morgan fingerprint density at radius 3 is 2.47 bits per heavy atom. The summed E-state index contributed by atoms with van der Waals surface area (Å²) in [6.07, 6.45) is 2.41. The van der Waals surface area contributed by atoms with Gasteiger partial charge in [0.1, 0.15) is 11.5 Å². The number of nitrogens with zero attached hydrogens (tertiary/aromatic N) is 1. The molecule has 1 aliphatic heterocycles. The van der Waals surface area contributed by atoms with Crippen LogP contribution < -0.4 is 9.47 Å². The van der Waals surface area contributed by atoms with Gasteiger partial charge < -0.3 is 24.6 Å². The number of hydrogen-bond acceptors (Lipinski definition) is 6. The second-order valence-corrected chi connectivity index (χ2v) is 9.12. The van der Waals surface area contributed by atoms with Gasteiger partial charge in [-0.15, -0.1) is 0 Å². The molecule has 1 unspecified atom stereocenters. The lowest BCUT2D eigenvalue weighted by atomic mass is 9.94. The molecule has 3 aromatic rings. The van der Waals surface area contributed by atoms with Crippen LogP contribution in [0.1, 0.15) is 49.4 Å². The van der Waals surface area contributed by atoms with Crippen LogP contribution in [0.4, 0.5) is 0 Å². The number of phenols is 1. The van der Waals surface area contributed by atoms with E-state index in [1.54, 1.807) is 43.3 Å². The molecule has 7 nitrogen and oxygen atoms in total. The van der Waals surface area contributed by atoms with Gasteiger partial charge in [0.05, 0.1) is 24.8 Å². The number of Topliss-reactive ketones (excluding diaryl/α,β-unsaturated/α-hetero) is 1. The SMILES string of the molecule is CCCCOc1cccc(C(O)=C2C(=O)C(=O)N(CCc3ccccc3)C2c2ccc(O)c(OCC)c2)c1. The number of ketones is 1. The van der Waals surface area contributed by atoms with E-state index in [2.05, 4.69) is 6.92 Å². The fourth-order valence-electron chi connectivity index (χ4n) is 4.55. The molecule has 38 heavy (non-hydrogen) atoms. The number of aromatic hydroxyl groups is 1. The molecule has 3 aromatic carbocycles. The Morgan fingerprint density at radius 1 is 0.947 bits per heavy atom. The molecule has 1 heterocycles. The van der Waals surface area contributed by atoms with E-state index in [1.807, 2.05) is 30.3 Å². The highest BCUT2D eigenvalue weighted by atomic mass is 16.5. The quantitative estimate of drug-likeness (QED) is 0.149. The number of phenolic OH excluding ortho intramolecular Hbond substituents is 1. The highest BCUT2D eigenvalue weighted by Gasteiger charge is 2.46. The maximum Gasteiger partial charge on any atom is 0.295 e. The van der Waals surface area contributed by atoms with Crippen molar-refractivity contribution in [2.24, 2.45) is 0 Å². The van der Waals surface area contributed by atoms with Gasteiger partial charge in [-0.25, -0.2) is 0 Å². The lowest BCUT2D eigenvalue weighted by molar-refractivity contribution is -0.139. The molecule has 1 atom stereocenters. The van der Waals surface area contributed by atoms with Gasteiger partial charge in [0.2, 0.25) is 0 Å². The Morgan fingerprint density at radius 2 is 1.74 bits per heavy atom. The minimum atomic E-state index is -0.858. The van der Waals surface area contributed by atoms with E-state index in [4.69, 9.17) is 9.47 Å². The zero-order valence-electron chi connectivity index (χ0n) is 21.7. The summed E-state index contributed by atoms with van der Waals surface area (Å²) < 4.78 is 11.3. The molecular weight excluding hydrogens is 482 g/mol. The first-order chi connectivity index (χ1) is 18.4. The molecule has 4 rings (SSSR count). The number of carbonyl (C=O) groups is 2. The van der Waals surface area contributed by atoms with Gasteiger partial charge >= 0.3 is 0 Å². The first-order valence-corrected chi connectivity index (χ1v) is 13.0. The van der Waals surface area contributed by atoms with Crippen LogP contribution in [0.15, 0.2) is 78.4 Å². The molecule has 0 aromatic heterocycles. The lowest BCUT2D eigenvalue weighted by Gasteiger charge is -2.26. The average Bonchev–Trinajstić information content (AvgIpc) is 3.18. The maximum atomic E-state index is 13.4. The Hall–Kier alpha value is -4.26. The molecule has 1 fully saturated rings. The number of benzene rings is 3. The zero-order valence-corrected chi connectivity index (χ0v) is 21.7. The van der Waals surface area contributed by atoms with Crippen molar-refractivity contribution in [1.82, 2.24) is 4.90 Å². The molecule has 0 spiro atoms. The standard InChI is InChI=1S/C31H33NO6/c1-3-5-18-38-24-13-9-12-23(19-24)29(34)27-28(22-14-15-25(33)26(20-22)37-4-2)32(31(36)30(27)35)17-16-21-10-7-6-8-11-21/h6-15,19-20,28,33-34H,3-5,16-18H2,1-2H3. The van der Waals surface area contributed by atoms with Crippen molar-refractivity contribution in [3.8, 4) is 17.2 Å². The average molecular weight is 516 g/mol. The normalized spacial score (nSPS) is 16.6. The zero-order chi connectivity index (χ0) is 27.1. The number of hydrogen-bond donors (Lipinski definition) is 2. The van der Waals surface area contributed by atoms with Crippen LogP contribution in [-0.2, 0) is 16.0 Å². The highest BCUT2D eigenvalue weighted by molar-refractivity contribution is 6.46. The third-order valence-electron chi connectivity index (χ3n) is 6.50. The van der Waals surface area contributed by atoms with E-state index < -0.39 is 17.7 Å². The highest BCUT2D eigenvalue weighted by Crippen LogP contribution is 2.42. The predicted octanol–water partition coefficient (Wildman–Crippen LogP) is 5.63. The molecule has 0 aliphatic carbocycles. The van der Waals surface area contributed by atoms with E-state index >= 15 is 0 Å². The largest absolute Gasteiger partial charge is 0.507 e. The van der Waals surface area contributed by atoms with Gasteiger partial charge in [0.15, 0.2) is 11.5 Å². The first-order valence-electron chi connectivity index (χ1n) is 13.0. The number of amides is 1. The first kappa shape index (κ1) is 26.8. The second-order valence-electron chi connectivity index (χ2n) is 9.12. The van der Waals surface area contributed by atoms with Gasteiger partial charge in [-0.2, -0.15) is 0 Å². The Balaban J connectivity index is 1.77. The Bertz CT molecular complexity index is 1320. The van der Waals surface area contributed by atoms with Crippen molar-refractivity contribution in [2.75, 3.05) is 19.8 Å². The second kappa shape index (κ2) is 12.3. The van der Waals surface area contributed by atoms with Crippen molar-refractivity contribution < 1.29 is 29.3 Å². The third kappa shape index (κ3) is 5.83. The predicted molar refractivity (Wildman–Crippen MR) is 145 cm³/mol. The fourth-order valence-corrected chi connectivity index (χ4v) is 4.55. The van der Waals surface area contributed by atoms with Crippen LogP contribution in [0.3, 0.4) is 0 Å². The van der Waals surface area contributed by atoms with Crippen LogP contribution in [0.5, 0.6) is 17.2 Å².